The van der Waals surface area contributed by atoms with Gasteiger partial charge in [-0.2, -0.15) is 0 Å². The normalized spacial score (nSPS) is 24.8. The van der Waals surface area contributed by atoms with E-state index in [4.69, 9.17) is 0 Å². The zero-order chi connectivity index (χ0) is 12.1. The molecule has 2 aliphatic carbocycles. The van der Waals surface area contributed by atoms with E-state index >= 15 is 0 Å². The SMILES string of the molecule is C.CCC.c1ccc2c(c1)CCC1CCCCC21. The Hall–Kier alpha value is -0.780. The Morgan fingerprint density at radius 3 is 2.44 bits per heavy atom. The van der Waals surface area contributed by atoms with Crippen LogP contribution in [0.2, 0.25) is 0 Å². The van der Waals surface area contributed by atoms with Crippen LogP contribution in [0.25, 0.3) is 0 Å². The van der Waals surface area contributed by atoms with Crippen molar-refractivity contribution < 1.29 is 0 Å². The van der Waals surface area contributed by atoms with Crippen molar-refractivity contribution in [3.63, 3.8) is 0 Å². The molecule has 0 bridgehead atoms. The minimum absolute atomic E-state index is 0. The van der Waals surface area contributed by atoms with Gasteiger partial charge in [0.2, 0.25) is 0 Å². The van der Waals surface area contributed by atoms with Gasteiger partial charge in [0, 0.05) is 0 Å². The van der Waals surface area contributed by atoms with Gasteiger partial charge in [0.15, 0.2) is 0 Å². The molecule has 3 rings (SSSR count). The number of hydrogen-bond donors (Lipinski definition) is 0. The molecular weight excluding hydrogens is 216 g/mol. The van der Waals surface area contributed by atoms with Crippen LogP contribution in [0.3, 0.4) is 0 Å². The average molecular weight is 246 g/mol. The maximum atomic E-state index is 2.37. The average Bonchev–Trinajstić information content (AvgIpc) is 2.40. The maximum Gasteiger partial charge on any atom is -0.0131 e. The molecule has 18 heavy (non-hydrogen) atoms. The van der Waals surface area contributed by atoms with Crippen molar-refractivity contribution >= 4 is 0 Å². The first kappa shape index (κ1) is 15.3. The Kier molecular flexibility index (Phi) is 6.46. The summed E-state index contributed by atoms with van der Waals surface area (Å²) < 4.78 is 0. The highest BCUT2D eigenvalue weighted by Gasteiger charge is 2.30. The molecule has 0 heterocycles. The first-order valence-electron chi connectivity index (χ1n) is 7.44. The number of hydrogen-bond acceptors (Lipinski definition) is 0. The summed E-state index contributed by atoms with van der Waals surface area (Å²) in [5, 5.41) is 0. The summed E-state index contributed by atoms with van der Waals surface area (Å²) in [7, 11) is 0. The van der Waals surface area contributed by atoms with Crippen LogP contribution in [0, 0.1) is 5.92 Å². The zero-order valence-electron chi connectivity index (χ0n) is 11.4. The summed E-state index contributed by atoms with van der Waals surface area (Å²) >= 11 is 0. The fraction of sp³-hybridized carbons (Fsp3) is 0.667. The number of fused-ring (bicyclic) bond motifs is 3. The summed E-state index contributed by atoms with van der Waals surface area (Å²) in [6.45, 7) is 4.25. The lowest BCUT2D eigenvalue weighted by atomic mass is 9.68. The lowest BCUT2D eigenvalue weighted by molar-refractivity contribution is 0.275. The maximum absolute atomic E-state index is 2.37. The van der Waals surface area contributed by atoms with Crippen LogP contribution in [0.4, 0.5) is 0 Å². The van der Waals surface area contributed by atoms with Crippen LogP contribution < -0.4 is 0 Å². The van der Waals surface area contributed by atoms with Crippen molar-refractivity contribution in [2.24, 2.45) is 5.92 Å². The van der Waals surface area contributed by atoms with Crippen LogP contribution in [-0.2, 0) is 6.42 Å². The van der Waals surface area contributed by atoms with Gasteiger partial charge in [0.25, 0.3) is 0 Å². The lowest BCUT2D eigenvalue weighted by Gasteiger charge is -2.37. The van der Waals surface area contributed by atoms with E-state index in [1.807, 2.05) is 0 Å². The first-order valence-corrected chi connectivity index (χ1v) is 7.44. The molecule has 0 amide bonds. The fourth-order valence-corrected chi connectivity index (χ4v) is 3.43. The Labute approximate surface area is 114 Å². The predicted octanol–water partition coefficient (Wildman–Crippen LogP) is 5.96. The highest BCUT2D eigenvalue weighted by Crippen LogP contribution is 2.44. The smallest absolute Gasteiger partial charge is 0.0131 e. The van der Waals surface area contributed by atoms with Crippen molar-refractivity contribution in [1.29, 1.82) is 0 Å². The highest BCUT2D eigenvalue weighted by atomic mass is 14.4. The molecule has 102 valence electrons. The zero-order valence-corrected chi connectivity index (χ0v) is 11.4. The third kappa shape index (κ3) is 3.37. The second-order valence-corrected chi connectivity index (χ2v) is 5.60. The summed E-state index contributed by atoms with van der Waals surface area (Å²) in [5.74, 6) is 1.92. The first-order chi connectivity index (χ1) is 8.36. The Balaban J connectivity index is 0.000000372. The van der Waals surface area contributed by atoms with Gasteiger partial charge in [-0.15, -0.1) is 0 Å². The van der Waals surface area contributed by atoms with Crippen LogP contribution in [0.5, 0.6) is 0 Å². The monoisotopic (exact) mass is 246 g/mol. The van der Waals surface area contributed by atoms with Gasteiger partial charge in [-0.3, -0.25) is 0 Å². The molecule has 0 heteroatoms. The Morgan fingerprint density at radius 1 is 1.00 bits per heavy atom. The van der Waals surface area contributed by atoms with E-state index in [0.29, 0.717) is 0 Å². The van der Waals surface area contributed by atoms with Crippen LogP contribution in [-0.4, -0.2) is 0 Å². The van der Waals surface area contributed by atoms with Crippen molar-refractivity contribution in [1.82, 2.24) is 0 Å². The molecule has 0 N–H and O–H groups in total. The molecule has 1 saturated carbocycles. The topological polar surface area (TPSA) is 0 Å². The molecule has 1 aromatic carbocycles. The summed E-state index contributed by atoms with van der Waals surface area (Å²) in [5.41, 5.74) is 3.32. The van der Waals surface area contributed by atoms with Crippen LogP contribution >= 0.6 is 0 Å². The summed E-state index contributed by atoms with van der Waals surface area (Å²) in [4.78, 5) is 0. The van der Waals surface area contributed by atoms with E-state index in [1.54, 1.807) is 11.1 Å². The molecule has 0 aromatic heterocycles. The van der Waals surface area contributed by atoms with E-state index in [0.717, 1.165) is 11.8 Å². The summed E-state index contributed by atoms with van der Waals surface area (Å²) in [6, 6.07) is 9.12. The van der Waals surface area contributed by atoms with E-state index in [1.165, 1.54) is 44.9 Å². The standard InChI is InChI=1S/C14H18.C3H8.CH4/c1-3-7-13-11(5-1)9-10-12-6-2-4-8-14(12)13;1-3-2;/h1,3,5,7,12,14H,2,4,6,8-10H2;3H2,1-2H3;1H4. The van der Waals surface area contributed by atoms with E-state index in [2.05, 4.69) is 38.1 Å². The minimum Gasteiger partial charge on any atom is -0.0776 e. The number of aryl methyl sites for hydroxylation is 1. The molecule has 2 aliphatic rings. The Bertz CT molecular complexity index is 340. The lowest BCUT2D eigenvalue weighted by Crippen LogP contribution is -2.23. The number of rotatable bonds is 0. The molecule has 0 saturated heterocycles. The van der Waals surface area contributed by atoms with Crippen molar-refractivity contribution in [2.45, 2.75) is 72.1 Å². The summed E-state index contributed by atoms with van der Waals surface area (Å²) in [6.07, 6.45) is 9.89. The van der Waals surface area contributed by atoms with Gasteiger partial charge in [0.05, 0.1) is 0 Å². The second-order valence-electron chi connectivity index (χ2n) is 5.60. The van der Waals surface area contributed by atoms with E-state index in [9.17, 15) is 0 Å². The third-order valence-corrected chi connectivity index (χ3v) is 4.15. The van der Waals surface area contributed by atoms with Gasteiger partial charge in [0.1, 0.15) is 0 Å². The molecule has 0 radical (unpaired) electrons. The molecule has 2 unspecified atom stereocenters. The minimum atomic E-state index is 0. The molecule has 2 atom stereocenters. The Morgan fingerprint density at radius 2 is 1.67 bits per heavy atom. The molecule has 1 aromatic rings. The highest BCUT2D eigenvalue weighted by molar-refractivity contribution is 5.33. The van der Waals surface area contributed by atoms with E-state index < -0.39 is 0 Å². The second kappa shape index (κ2) is 7.61. The van der Waals surface area contributed by atoms with E-state index in [-0.39, 0.29) is 7.43 Å². The van der Waals surface area contributed by atoms with Crippen molar-refractivity contribution in [2.75, 3.05) is 0 Å². The molecular formula is C18H30. The molecule has 0 spiro atoms. The van der Waals surface area contributed by atoms with Gasteiger partial charge in [-0.05, 0) is 48.6 Å². The predicted molar refractivity (Wildman–Crippen MR) is 82.2 cm³/mol. The largest absolute Gasteiger partial charge is 0.0776 e. The van der Waals surface area contributed by atoms with Crippen molar-refractivity contribution in [3.8, 4) is 0 Å². The third-order valence-electron chi connectivity index (χ3n) is 4.15. The van der Waals surface area contributed by atoms with Crippen LogP contribution in [0.15, 0.2) is 24.3 Å². The van der Waals surface area contributed by atoms with Gasteiger partial charge in [-0.1, -0.05) is 64.8 Å². The van der Waals surface area contributed by atoms with Crippen molar-refractivity contribution in [3.05, 3.63) is 35.4 Å². The fourth-order valence-electron chi connectivity index (χ4n) is 3.43. The van der Waals surface area contributed by atoms with Gasteiger partial charge in [-0.25, -0.2) is 0 Å². The molecule has 0 aliphatic heterocycles. The van der Waals surface area contributed by atoms with Gasteiger partial charge < -0.3 is 0 Å². The molecule has 0 nitrogen and oxygen atoms in total. The van der Waals surface area contributed by atoms with Gasteiger partial charge >= 0.3 is 0 Å². The molecule has 1 fully saturated rings. The number of benzene rings is 1. The van der Waals surface area contributed by atoms with Crippen LogP contribution in [0.1, 0.15) is 76.8 Å². The quantitative estimate of drug-likeness (QED) is 0.530.